The van der Waals surface area contributed by atoms with E-state index in [9.17, 15) is 8.42 Å². The van der Waals surface area contributed by atoms with Gasteiger partial charge in [-0.25, -0.2) is 4.72 Å². The summed E-state index contributed by atoms with van der Waals surface area (Å²) in [7, 11) is -3.31. The largest absolute Gasteiger partial charge is 0.279 e. The van der Waals surface area contributed by atoms with E-state index in [2.05, 4.69) is 4.72 Å². The second kappa shape index (κ2) is 8.28. The highest BCUT2D eigenvalue weighted by molar-refractivity contribution is 7.87. The lowest BCUT2D eigenvalue weighted by atomic mass is 10.0. The molecule has 0 saturated heterocycles. The summed E-state index contributed by atoms with van der Waals surface area (Å²) in [6.45, 7) is 7.18. The van der Waals surface area contributed by atoms with Crippen LogP contribution >= 0.6 is 11.6 Å². The van der Waals surface area contributed by atoms with Gasteiger partial charge in [-0.15, -0.1) is 11.6 Å². The number of hydrogen-bond donors (Lipinski definition) is 1. The summed E-state index contributed by atoms with van der Waals surface area (Å²) in [6, 6.07) is 0. The maximum absolute atomic E-state index is 11.8. The Kier molecular flexibility index (Phi) is 8.36. The van der Waals surface area contributed by atoms with Gasteiger partial charge in [0.05, 0.1) is 0 Å². The number of nitrogens with one attached hydrogen (secondary N) is 1. The molecule has 0 radical (unpaired) electrons. The van der Waals surface area contributed by atoms with Gasteiger partial charge in [0.25, 0.3) is 10.2 Å². The number of alkyl halides is 1. The molecule has 0 fully saturated rings. The Morgan fingerprint density at radius 1 is 1.25 bits per heavy atom. The zero-order chi connectivity index (χ0) is 12.6. The molecule has 0 heterocycles. The van der Waals surface area contributed by atoms with Crippen molar-refractivity contribution in [2.24, 2.45) is 5.92 Å². The summed E-state index contributed by atoms with van der Waals surface area (Å²) in [5.74, 6) is 0.897. The van der Waals surface area contributed by atoms with Crippen LogP contribution in [0.2, 0.25) is 0 Å². The monoisotopic (exact) mass is 270 g/mol. The van der Waals surface area contributed by atoms with E-state index in [0.717, 1.165) is 12.8 Å². The molecule has 0 aliphatic heterocycles. The molecule has 0 aromatic rings. The van der Waals surface area contributed by atoms with E-state index in [1.165, 1.54) is 4.31 Å². The molecular weight excluding hydrogens is 248 g/mol. The molecule has 1 N–H and O–H groups in total. The second-order valence-corrected chi connectivity index (χ2v) is 5.82. The average molecular weight is 271 g/mol. The molecule has 1 unspecified atom stereocenters. The fourth-order valence-corrected chi connectivity index (χ4v) is 3.10. The Morgan fingerprint density at radius 2 is 1.81 bits per heavy atom. The van der Waals surface area contributed by atoms with Crippen molar-refractivity contribution in [2.75, 3.05) is 25.5 Å². The Morgan fingerprint density at radius 3 is 2.19 bits per heavy atom. The van der Waals surface area contributed by atoms with E-state index in [0.29, 0.717) is 31.4 Å². The number of rotatable bonds is 9. The minimum atomic E-state index is -3.31. The predicted octanol–water partition coefficient (Wildman–Crippen LogP) is 1.82. The molecular formula is C10H23ClN2O2S. The van der Waals surface area contributed by atoms with Crippen molar-refractivity contribution in [3.63, 3.8) is 0 Å². The molecule has 4 nitrogen and oxygen atoms in total. The van der Waals surface area contributed by atoms with Gasteiger partial charge >= 0.3 is 0 Å². The zero-order valence-electron chi connectivity index (χ0n) is 10.4. The van der Waals surface area contributed by atoms with Crippen LogP contribution in [0, 0.1) is 5.92 Å². The summed E-state index contributed by atoms with van der Waals surface area (Å²) in [6.07, 6.45) is 1.78. The molecule has 6 heteroatoms. The quantitative estimate of drug-likeness (QED) is 0.650. The van der Waals surface area contributed by atoms with Crippen LogP contribution in [-0.4, -0.2) is 38.2 Å². The molecule has 0 aromatic heterocycles. The van der Waals surface area contributed by atoms with Crippen molar-refractivity contribution in [1.29, 1.82) is 0 Å². The molecule has 0 saturated carbocycles. The molecule has 98 valence electrons. The molecule has 16 heavy (non-hydrogen) atoms. The van der Waals surface area contributed by atoms with Crippen LogP contribution in [0.15, 0.2) is 0 Å². The van der Waals surface area contributed by atoms with Gasteiger partial charge in [0.2, 0.25) is 0 Å². The van der Waals surface area contributed by atoms with Crippen molar-refractivity contribution >= 4 is 21.8 Å². The number of halogens is 1. The van der Waals surface area contributed by atoms with Crippen molar-refractivity contribution in [3.8, 4) is 0 Å². The van der Waals surface area contributed by atoms with Crippen molar-refractivity contribution < 1.29 is 8.42 Å². The first-order chi connectivity index (χ1) is 7.51. The SMILES string of the molecule is CCC(CCCl)CNS(=O)(=O)N(CC)CC. The molecule has 0 aromatic carbocycles. The van der Waals surface area contributed by atoms with Crippen LogP contribution in [0.4, 0.5) is 0 Å². The molecule has 0 aliphatic carbocycles. The summed E-state index contributed by atoms with van der Waals surface area (Å²) in [5.41, 5.74) is 0. The molecule has 0 rings (SSSR count). The summed E-state index contributed by atoms with van der Waals surface area (Å²) in [5, 5.41) is 0. The summed E-state index contributed by atoms with van der Waals surface area (Å²) < 4.78 is 27.7. The summed E-state index contributed by atoms with van der Waals surface area (Å²) in [4.78, 5) is 0. The minimum Gasteiger partial charge on any atom is -0.202 e. The highest BCUT2D eigenvalue weighted by Crippen LogP contribution is 2.09. The van der Waals surface area contributed by atoms with Gasteiger partial charge < -0.3 is 0 Å². The lowest BCUT2D eigenvalue weighted by molar-refractivity contribution is 0.419. The first-order valence-electron chi connectivity index (χ1n) is 5.82. The molecule has 1 atom stereocenters. The topological polar surface area (TPSA) is 49.4 Å². The highest BCUT2D eigenvalue weighted by atomic mass is 35.5. The van der Waals surface area contributed by atoms with Gasteiger partial charge in [0.15, 0.2) is 0 Å². The van der Waals surface area contributed by atoms with Gasteiger partial charge in [-0.3, -0.25) is 0 Å². The van der Waals surface area contributed by atoms with E-state index < -0.39 is 10.2 Å². The van der Waals surface area contributed by atoms with Gasteiger partial charge in [-0.1, -0.05) is 27.2 Å². The zero-order valence-corrected chi connectivity index (χ0v) is 11.9. The third kappa shape index (κ3) is 5.48. The number of nitrogens with zero attached hydrogens (tertiary/aromatic N) is 1. The Balaban J connectivity index is 4.26. The van der Waals surface area contributed by atoms with Crippen LogP contribution in [0.25, 0.3) is 0 Å². The van der Waals surface area contributed by atoms with E-state index >= 15 is 0 Å². The van der Waals surface area contributed by atoms with Crippen molar-refractivity contribution in [1.82, 2.24) is 9.03 Å². The van der Waals surface area contributed by atoms with E-state index in [1.54, 1.807) is 0 Å². The predicted molar refractivity (Wildman–Crippen MR) is 69.0 cm³/mol. The highest BCUT2D eigenvalue weighted by Gasteiger charge is 2.19. The first-order valence-corrected chi connectivity index (χ1v) is 7.79. The van der Waals surface area contributed by atoms with E-state index in [1.807, 2.05) is 20.8 Å². The van der Waals surface area contributed by atoms with Crippen molar-refractivity contribution in [3.05, 3.63) is 0 Å². The normalized spacial score (nSPS) is 14.3. The maximum Gasteiger partial charge on any atom is 0.279 e. The smallest absolute Gasteiger partial charge is 0.202 e. The summed E-state index contributed by atoms with van der Waals surface area (Å²) >= 11 is 5.65. The standard InChI is InChI=1S/C10H23ClN2O2S/c1-4-10(7-8-11)9-12-16(14,15)13(5-2)6-3/h10,12H,4-9H2,1-3H3. The lowest BCUT2D eigenvalue weighted by Gasteiger charge is -2.21. The Hall–Kier alpha value is 0.160. The van der Waals surface area contributed by atoms with Crippen LogP contribution in [0.3, 0.4) is 0 Å². The van der Waals surface area contributed by atoms with Crippen LogP contribution < -0.4 is 4.72 Å². The van der Waals surface area contributed by atoms with E-state index in [4.69, 9.17) is 11.6 Å². The molecule has 0 amide bonds. The maximum atomic E-state index is 11.8. The fraction of sp³-hybridized carbons (Fsp3) is 1.00. The van der Waals surface area contributed by atoms with Crippen molar-refractivity contribution in [2.45, 2.75) is 33.6 Å². The minimum absolute atomic E-state index is 0.322. The molecule has 0 spiro atoms. The Labute approximate surface area is 105 Å². The second-order valence-electron chi connectivity index (χ2n) is 3.69. The molecule has 0 aliphatic rings. The first kappa shape index (κ1) is 16.2. The van der Waals surface area contributed by atoms with Crippen LogP contribution in [0.5, 0.6) is 0 Å². The Bertz CT molecular complexity index is 266. The number of hydrogen-bond acceptors (Lipinski definition) is 2. The fourth-order valence-electron chi connectivity index (χ4n) is 1.48. The van der Waals surface area contributed by atoms with Crippen LogP contribution in [0.1, 0.15) is 33.6 Å². The van der Waals surface area contributed by atoms with Crippen LogP contribution in [-0.2, 0) is 10.2 Å². The third-order valence-corrected chi connectivity index (χ3v) is 4.64. The van der Waals surface area contributed by atoms with Gasteiger partial charge in [0.1, 0.15) is 0 Å². The third-order valence-electron chi connectivity index (χ3n) is 2.69. The van der Waals surface area contributed by atoms with Gasteiger partial charge in [-0.2, -0.15) is 12.7 Å². The van der Waals surface area contributed by atoms with Gasteiger partial charge in [0, 0.05) is 25.5 Å². The van der Waals surface area contributed by atoms with E-state index in [-0.39, 0.29) is 0 Å². The van der Waals surface area contributed by atoms with Gasteiger partial charge in [-0.05, 0) is 12.3 Å². The lowest BCUT2D eigenvalue weighted by Crippen LogP contribution is -2.42. The molecule has 0 bridgehead atoms. The average Bonchev–Trinajstić information content (AvgIpc) is 2.25.